The second-order valence-electron chi connectivity index (χ2n) is 8.10. The van der Waals surface area contributed by atoms with Gasteiger partial charge < -0.3 is 15.2 Å². The van der Waals surface area contributed by atoms with Gasteiger partial charge >= 0.3 is 5.97 Å². The summed E-state index contributed by atoms with van der Waals surface area (Å²) in [7, 11) is 0. The van der Waals surface area contributed by atoms with Gasteiger partial charge in [-0.05, 0) is 68.0 Å². The lowest BCUT2D eigenvalue weighted by Crippen LogP contribution is -2.70. The first kappa shape index (κ1) is 19.4. The molecule has 0 atom stereocenters. The largest absolute Gasteiger partial charge is 0.477 e. The summed E-state index contributed by atoms with van der Waals surface area (Å²) in [5.74, 6) is -0.307. The van der Waals surface area contributed by atoms with Crippen LogP contribution in [0.15, 0.2) is 24.3 Å². The number of ether oxygens (including phenoxy) is 1. The number of anilines is 1. The van der Waals surface area contributed by atoms with Crippen molar-refractivity contribution in [1.82, 2.24) is 9.97 Å². The van der Waals surface area contributed by atoms with Gasteiger partial charge in [-0.2, -0.15) is 15.5 Å². The number of aromatic carboxylic acids is 1. The van der Waals surface area contributed by atoms with Gasteiger partial charge in [-0.3, -0.25) is 0 Å². The smallest absolute Gasteiger partial charge is 0.354 e. The molecule has 0 spiro atoms. The Labute approximate surface area is 173 Å². The number of carbonyl (C=O) groups is 1. The maximum atomic E-state index is 11.5. The molecule has 8 heteroatoms. The SMILES string of the molecule is Cc1cc(/C=C/C#N)cc(C)c1Oc1cc(C(=O)O)nc(NC23CC(C#N)(C2)C3)n1. The van der Waals surface area contributed by atoms with E-state index in [9.17, 15) is 15.2 Å². The van der Waals surface area contributed by atoms with Crippen LogP contribution in [0.25, 0.3) is 6.08 Å². The van der Waals surface area contributed by atoms with E-state index in [1.807, 2.05) is 32.0 Å². The number of aryl methyl sites for hydroxylation is 2. The van der Waals surface area contributed by atoms with Crippen LogP contribution in [0.2, 0.25) is 0 Å². The Hall–Kier alpha value is -3.91. The minimum absolute atomic E-state index is 0.123. The maximum absolute atomic E-state index is 11.5. The summed E-state index contributed by atoms with van der Waals surface area (Å²) in [5, 5.41) is 30.5. The lowest BCUT2D eigenvalue weighted by molar-refractivity contribution is -0.0665. The molecule has 1 aromatic heterocycles. The zero-order chi connectivity index (χ0) is 21.5. The highest BCUT2D eigenvalue weighted by Gasteiger charge is 2.69. The van der Waals surface area contributed by atoms with Crippen molar-refractivity contribution in [2.45, 2.75) is 38.6 Å². The number of aromatic nitrogens is 2. The van der Waals surface area contributed by atoms with E-state index < -0.39 is 5.97 Å². The Kier molecular flexibility index (Phi) is 4.43. The fourth-order valence-electron chi connectivity index (χ4n) is 4.40. The van der Waals surface area contributed by atoms with Crippen molar-refractivity contribution in [2.24, 2.45) is 5.41 Å². The third-order valence-electron chi connectivity index (χ3n) is 5.61. The van der Waals surface area contributed by atoms with Crippen molar-refractivity contribution < 1.29 is 14.6 Å². The highest BCUT2D eigenvalue weighted by molar-refractivity contribution is 5.86. The van der Waals surface area contributed by atoms with Crippen LogP contribution < -0.4 is 10.1 Å². The van der Waals surface area contributed by atoms with Crippen molar-refractivity contribution in [3.05, 3.63) is 46.7 Å². The van der Waals surface area contributed by atoms with Gasteiger partial charge in [-0.25, -0.2) is 9.78 Å². The molecule has 3 fully saturated rings. The van der Waals surface area contributed by atoms with Crippen molar-refractivity contribution in [2.75, 3.05) is 5.32 Å². The average Bonchev–Trinajstić information content (AvgIpc) is 2.64. The molecule has 150 valence electrons. The molecular formula is C22H19N5O3. The quantitative estimate of drug-likeness (QED) is 0.695. The molecule has 2 bridgehead atoms. The van der Waals surface area contributed by atoms with E-state index in [0.717, 1.165) is 16.7 Å². The monoisotopic (exact) mass is 401 g/mol. The molecule has 2 N–H and O–H groups in total. The lowest BCUT2D eigenvalue weighted by Gasteiger charge is -2.66. The van der Waals surface area contributed by atoms with E-state index in [-0.39, 0.29) is 28.5 Å². The number of nitrogens with zero attached hydrogens (tertiary/aromatic N) is 4. The molecular weight excluding hydrogens is 382 g/mol. The minimum atomic E-state index is -1.18. The lowest BCUT2D eigenvalue weighted by atomic mass is 9.40. The van der Waals surface area contributed by atoms with Gasteiger partial charge in [0, 0.05) is 17.7 Å². The second kappa shape index (κ2) is 6.85. The number of hydrogen-bond donors (Lipinski definition) is 2. The fourth-order valence-corrected chi connectivity index (χ4v) is 4.40. The second-order valence-corrected chi connectivity index (χ2v) is 8.10. The number of nitrogens with one attached hydrogen (secondary N) is 1. The topological polar surface area (TPSA) is 132 Å². The summed E-state index contributed by atoms with van der Waals surface area (Å²) in [6, 6.07) is 9.33. The van der Waals surface area contributed by atoms with Gasteiger partial charge in [0.25, 0.3) is 0 Å². The van der Waals surface area contributed by atoms with Gasteiger partial charge in [0.05, 0.1) is 17.6 Å². The standard InChI is InChI=1S/C22H19N5O3/c1-13-6-15(4-3-5-23)7-14(2)18(13)30-17-8-16(19(28)29)25-20(26-17)27-22-9-21(10-22,11-22)12-24/h3-4,6-8H,9-11H2,1-2H3,(H,28,29)(H,25,26,27)/b4-3+. The minimum Gasteiger partial charge on any atom is -0.477 e. The normalized spacial score (nSPS) is 23.6. The van der Waals surface area contributed by atoms with Crippen molar-refractivity contribution in [3.63, 3.8) is 0 Å². The van der Waals surface area contributed by atoms with Gasteiger partial charge in [-0.1, -0.05) is 0 Å². The van der Waals surface area contributed by atoms with Crippen molar-refractivity contribution in [1.29, 1.82) is 10.5 Å². The number of rotatable bonds is 6. The predicted octanol–water partition coefficient (Wildman–Crippen LogP) is 3.98. The zero-order valence-electron chi connectivity index (χ0n) is 16.6. The van der Waals surface area contributed by atoms with Crippen LogP contribution in [0, 0.1) is 41.9 Å². The third kappa shape index (κ3) is 3.33. The van der Waals surface area contributed by atoms with Crippen LogP contribution in [-0.2, 0) is 0 Å². The van der Waals surface area contributed by atoms with Crippen LogP contribution >= 0.6 is 0 Å². The van der Waals surface area contributed by atoms with Crippen LogP contribution in [0.4, 0.5) is 5.95 Å². The van der Waals surface area contributed by atoms with Gasteiger partial charge in [0.15, 0.2) is 5.69 Å². The average molecular weight is 401 g/mol. The van der Waals surface area contributed by atoms with Crippen molar-refractivity contribution in [3.8, 4) is 23.8 Å². The number of benzene rings is 1. The Morgan fingerprint density at radius 1 is 1.20 bits per heavy atom. The van der Waals surface area contributed by atoms with E-state index in [1.165, 1.54) is 12.1 Å². The molecule has 1 heterocycles. The maximum Gasteiger partial charge on any atom is 0.354 e. The Morgan fingerprint density at radius 2 is 1.87 bits per heavy atom. The van der Waals surface area contributed by atoms with Gasteiger partial charge in [-0.15, -0.1) is 0 Å². The Bertz CT molecular complexity index is 1130. The molecule has 3 saturated carbocycles. The summed E-state index contributed by atoms with van der Waals surface area (Å²) < 4.78 is 5.95. The molecule has 2 aromatic rings. The molecule has 5 rings (SSSR count). The first-order chi connectivity index (χ1) is 14.3. The molecule has 30 heavy (non-hydrogen) atoms. The number of nitriles is 2. The van der Waals surface area contributed by atoms with Crippen molar-refractivity contribution >= 4 is 18.0 Å². The Balaban J connectivity index is 1.61. The molecule has 8 nitrogen and oxygen atoms in total. The van der Waals surface area contributed by atoms with Crippen LogP contribution in [-0.4, -0.2) is 26.6 Å². The van der Waals surface area contributed by atoms with E-state index in [1.54, 1.807) is 6.08 Å². The van der Waals surface area contributed by atoms with E-state index >= 15 is 0 Å². The number of allylic oxidation sites excluding steroid dienone is 1. The van der Waals surface area contributed by atoms with Gasteiger partial charge in [0.1, 0.15) is 5.75 Å². The highest BCUT2D eigenvalue weighted by atomic mass is 16.5. The summed E-state index contributed by atoms with van der Waals surface area (Å²) >= 11 is 0. The summed E-state index contributed by atoms with van der Waals surface area (Å²) in [4.78, 5) is 20.0. The number of carboxylic acids is 1. The third-order valence-corrected chi connectivity index (χ3v) is 5.61. The summed E-state index contributed by atoms with van der Waals surface area (Å²) in [6.07, 6.45) is 5.24. The number of carboxylic acid groups (broad SMARTS) is 1. The van der Waals surface area contributed by atoms with Crippen LogP contribution in [0.5, 0.6) is 11.6 Å². The van der Waals surface area contributed by atoms with E-state index in [4.69, 9.17) is 10.00 Å². The van der Waals surface area contributed by atoms with E-state index in [0.29, 0.717) is 25.0 Å². The molecule has 0 saturated heterocycles. The molecule has 0 unspecified atom stereocenters. The van der Waals surface area contributed by atoms with Crippen LogP contribution in [0.1, 0.15) is 46.4 Å². The van der Waals surface area contributed by atoms with Crippen LogP contribution in [0.3, 0.4) is 0 Å². The first-order valence-electron chi connectivity index (χ1n) is 9.44. The summed E-state index contributed by atoms with van der Waals surface area (Å²) in [5.41, 5.74) is 1.87. The highest BCUT2D eigenvalue weighted by Crippen LogP contribution is 2.67. The first-order valence-corrected chi connectivity index (χ1v) is 9.44. The molecule has 1 aromatic carbocycles. The zero-order valence-corrected chi connectivity index (χ0v) is 16.6. The number of hydrogen-bond acceptors (Lipinski definition) is 7. The predicted molar refractivity (Wildman–Crippen MR) is 108 cm³/mol. The summed E-state index contributed by atoms with van der Waals surface area (Å²) in [6.45, 7) is 3.74. The molecule has 3 aliphatic carbocycles. The molecule has 0 amide bonds. The molecule has 3 aliphatic rings. The van der Waals surface area contributed by atoms with Gasteiger partial charge in [0.2, 0.25) is 11.8 Å². The van der Waals surface area contributed by atoms with E-state index in [2.05, 4.69) is 21.4 Å². The molecule has 0 aliphatic heterocycles. The molecule has 0 radical (unpaired) electrons. The Morgan fingerprint density at radius 3 is 2.43 bits per heavy atom. The fraction of sp³-hybridized carbons (Fsp3) is 0.318.